The van der Waals surface area contributed by atoms with Crippen LogP contribution in [0.15, 0.2) is 24.3 Å². The molecule has 0 aliphatic heterocycles. The summed E-state index contributed by atoms with van der Waals surface area (Å²) in [5.41, 5.74) is 1.56. The molecule has 0 fully saturated rings. The number of rotatable bonds is 0. The van der Waals surface area contributed by atoms with Gasteiger partial charge in [0.05, 0.1) is 0 Å². The van der Waals surface area contributed by atoms with Crippen LogP contribution in [0.25, 0.3) is 0 Å². The van der Waals surface area contributed by atoms with Crippen LogP contribution < -0.4 is 0 Å². The second-order valence-corrected chi connectivity index (χ2v) is 1.94. The number of allylic oxidation sites excluding steroid dienone is 3. The van der Waals surface area contributed by atoms with Crippen molar-refractivity contribution in [3.05, 3.63) is 24.3 Å². The summed E-state index contributed by atoms with van der Waals surface area (Å²) in [6, 6.07) is 0. The van der Waals surface area contributed by atoms with Gasteiger partial charge in [-0.05, 0) is 18.4 Å². The lowest BCUT2D eigenvalue weighted by Gasteiger charge is -2.05. The topological polar surface area (TPSA) is 23.9 Å². The molecule has 1 N–H and O–H groups in total. The Morgan fingerprint density at radius 1 is 1.62 bits per heavy atom. The summed E-state index contributed by atoms with van der Waals surface area (Å²) in [5, 5.41) is 7.24. The zero-order valence-electron chi connectivity index (χ0n) is 4.78. The SMILES string of the molecule is C=C1C=CCCC1=N. The third kappa shape index (κ3) is 0.861. The fourth-order valence-corrected chi connectivity index (χ4v) is 0.714. The molecule has 8 heavy (non-hydrogen) atoms. The molecule has 0 unspecified atom stereocenters. The van der Waals surface area contributed by atoms with E-state index in [0.29, 0.717) is 5.71 Å². The molecule has 1 nitrogen and oxygen atoms in total. The molecular weight excluding hydrogens is 98.1 g/mol. The maximum atomic E-state index is 7.24. The van der Waals surface area contributed by atoms with Crippen molar-refractivity contribution in [3.8, 4) is 0 Å². The Labute approximate surface area is 49.2 Å². The van der Waals surface area contributed by atoms with Gasteiger partial charge in [-0.2, -0.15) is 0 Å². The van der Waals surface area contributed by atoms with Gasteiger partial charge in [0.25, 0.3) is 0 Å². The predicted molar refractivity (Wildman–Crippen MR) is 35.2 cm³/mol. The summed E-state index contributed by atoms with van der Waals surface area (Å²) in [6.45, 7) is 3.68. The molecule has 1 aliphatic carbocycles. The quantitative estimate of drug-likeness (QED) is 0.489. The maximum absolute atomic E-state index is 7.24. The van der Waals surface area contributed by atoms with Crippen molar-refractivity contribution < 1.29 is 0 Å². The van der Waals surface area contributed by atoms with Crippen LogP contribution in [-0.2, 0) is 0 Å². The van der Waals surface area contributed by atoms with Crippen LogP contribution >= 0.6 is 0 Å². The number of hydrogen-bond acceptors (Lipinski definition) is 1. The molecule has 0 saturated carbocycles. The Morgan fingerprint density at radius 2 is 2.38 bits per heavy atom. The van der Waals surface area contributed by atoms with E-state index in [2.05, 4.69) is 12.7 Å². The smallest absolute Gasteiger partial charge is 0.0383 e. The van der Waals surface area contributed by atoms with Gasteiger partial charge in [-0.25, -0.2) is 0 Å². The Bertz CT molecular complexity index is 154. The van der Waals surface area contributed by atoms with Gasteiger partial charge in [-0.1, -0.05) is 18.7 Å². The van der Waals surface area contributed by atoms with E-state index in [9.17, 15) is 0 Å². The van der Waals surface area contributed by atoms with Crippen molar-refractivity contribution >= 4 is 5.71 Å². The minimum Gasteiger partial charge on any atom is -0.305 e. The first kappa shape index (κ1) is 5.29. The minimum atomic E-state index is 0.688. The summed E-state index contributed by atoms with van der Waals surface area (Å²) in [4.78, 5) is 0. The highest BCUT2D eigenvalue weighted by Crippen LogP contribution is 2.09. The zero-order chi connectivity index (χ0) is 5.98. The van der Waals surface area contributed by atoms with Crippen molar-refractivity contribution in [1.29, 1.82) is 5.41 Å². The molecule has 0 aromatic rings. The van der Waals surface area contributed by atoms with E-state index in [1.165, 1.54) is 0 Å². The van der Waals surface area contributed by atoms with Crippen LogP contribution in [0.5, 0.6) is 0 Å². The average molecular weight is 107 g/mol. The van der Waals surface area contributed by atoms with Crippen LogP contribution in [-0.4, -0.2) is 5.71 Å². The average Bonchev–Trinajstić information content (AvgIpc) is 1.77. The monoisotopic (exact) mass is 107 g/mol. The Balaban J connectivity index is 2.75. The molecule has 0 radical (unpaired) electrons. The summed E-state index contributed by atoms with van der Waals surface area (Å²) in [7, 11) is 0. The molecule has 0 aromatic heterocycles. The summed E-state index contributed by atoms with van der Waals surface area (Å²) in [5.74, 6) is 0. The molecule has 1 heteroatoms. The fourth-order valence-electron chi connectivity index (χ4n) is 0.714. The van der Waals surface area contributed by atoms with E-state index in [1.54, 1.807) is 0 Å². The van der Waals surface area contributed by atoms with Crippen LogP contribution in [0.3, 0.4) is 0 Å². The fraction of sp³-hybridized carbons (Fsp3) is 0.286. The third-order valence-electron chi connectivity index (χ3n) is 1.27. The first-order chi connectivity index (χ1) is 3.80. The van der Waals surface area contributed by atoms with Crippen LogP contribution in [0.1, 0.15) is 12.8 Å². The van der Waals surface area contributed by atoms with E-state index < -0.39 is 0 Å². The second-order valence-electron chi connectivity index (χ2n) is 1.94. The first-order valence-electron chi connectivity index (χ1n) is 2.74. The highest BCUT2D eigenvalue weighted by Gasteiger charge is 2.01. The molecule has 0 aromatic carbocycles. The largest absolute Gasteiger partial charge is 0.305 e. The first-order valence-corrected chi connectivity index (χ1v) is 2.74. The normalized spacial score (nSPS) is 19.5. The van der Waals surface area contributed by atoms with Gasteiger partial charge >= 0.3 is 0 Å². The van der Waals surface area contributed by atoms with E-state index in [4.69, 9.17) is 5.41 Å². The summed E-state index contributed by atoms with van der Waals surface area (Å²) in [6.07, 6.45) is 5.85. The third-order valence-corrected chi connectivity index (χ3v) is 1.27. The minimum absolute atomic E-state index is 0.688. The van der Waals surface area contributed by atoms with E-state index in [-0.39, 0.29) is 0 Å². The highest BCUT2D eigenvalue weighted by atomic mass is 14.4. The molecule has 0 bridgehead atoms. The van der Waals surface area contributed by atoms with Gasteiger partial charge in [0.15, 0.2) is 0 Å². The van der Waals surface area contributed by atoms with Gasteiger partial charge in [0.2, 0.25) is 0 Å². The summed E-state index contributed by atoms with van der Waals surface area (Å²) >= 11 is 0. The van der Waals surface area contributed by atoms with Crippen molar-refractivity contribution in [3.63, 3.8) is 0 Å². The van der Waals surface area contributed by atoms with Crippen molar-refractivity contribution in [2.24, 2.45) is 0 Å². The van der Waals surface area contributed by atoms with E-state index in [1.807, 2.05) is 6.08 Å². The molecule has 0 amide bonds. The standard InChI is InChI=1S/C7H9N/c1-6-4-2-3-5-7(6)8/h2,4,8H,1,3,5H2. The summed E-state index contributed by atoms with van der Waals surface area (Å²) < 4.78 is 0. The maximum Gasteiger partial charge on any atom is 0.0383 e. The lowest BCUT2D eigenvalue weighted by atomic mass is 10.0. The van der Waals surface area contributed by atoms with Gasteiger partial charge in [-0.3, -0.25) is 0 Å². The molecular formula is C7H9N. The number of nitrogens with one attached hydrogen (secondary N) is 1. The molecule has 1 aliphatic rings. The van der Waals surface area contributed by atoms with Gasteiger partial charge in [0.1, 0.15) is 0 Å². The molecule has 0 heterocycles. The van der Waals surface area contributed by atoms with E-state index >= 15 is 0 Å². The van der Waals surface area contributed by atoms with Crippen molar-refractivity contribution in [2.75, 3.05) is 0 Å². The van der Waals surface area contributed by atoms with Gasteiger partial charge in [-0.15, -0.1) is 0 Å². The second kappa shape index (κ2) is 1.95. The molecule has 0 saturated heterocycles. The molecule has 0 spiro atoms. The molecule has 1 rings (SSSR count). The molecule has 0 atom stereocenters. The molecule has 42 valence electrons. The zero-order valence-corrected chi connectivity index (χ0v) is 4.78. The van der Waals surface area contributed by atoms with Crippen molar-refractivity contribution in [1.82, 2.24) is 0 Å². The van der Waals surface area contributed by atoms with E-state index in [0.717, 1.165) is 18.4 Å². The van der Waals surface area contributed by atoms with Gasteiger partial charge < -0.3 is 5.41 Å². The van der Waals surface area contributed by atoms with Crippen LogP contribution in [0.2, 0.25) is 0 Å². The Kier molecular flexibility index (Phi) is 1.29. The predicted octanol–water partition coefficient (Wildman–Crippen LogP) is 1.91. The lowest BCUT2D eigenvalue weighted by molar-refractivity contribution is 1.06. The van der Waals surface area contributed by atoms with Crippen molar-refractivity contribution in [2.45, 2.75) is 12.8 Å². The Morgan fingerprint density at radius 3 is 2.75 bits per heavy atom. The van der Waals surface area contributed by atoms with Crippen LogP contribution in [0, 0.1) is 5.41 Å². The highest BCUT2D eigenvalue weighted by molar-refractivity contribution is 6.00. The van der Waals surface area contributed by atoms with Crippen LogP contribution in [0.4, 0.5) is 0 Å². The Hall–Kier alpha value is -0.850. The lowest BCUT2D eigenvalue weighted by Crippen LogP contribution is -2.00. The number of hydrogen-bond donors (Lipinski definition) is 1. The van der Waals surface area contributed by atoms with Gasteiger partial charge in [0, 0.05) is 5.71 Å².